The molecule has 36 heavy (non-hydrogen) atoms. The third-order valence-electron chi connectivity index (χ3n) is 5.86. The minimum atomic E-state index is -0.384. The van der Waals surface area contributed by atoms with Crippen LogP contribution >= 0.6 is 22.9 Å². The van der Waals surface area contributed by atoms with Gasteiger partial charge in [-0.1, -0.05) is 71.5 Å². The van der Waals surface area contributed by atoms with Gasteiger partial charge in [-0.3, -0.25) is 9.69 Å². The first-order valence-electron chi connectivity index (χ1n) is 11.2. The quantitative estimate of drug-likeness (QED) is 0.240. The molecule has 2 aromatic heterocycles. The summed E-state index contributed by atoms with van der Waals surface area (Å²) < 4.78 is 14.7. The van der Waals surface area contributed by atoms with Gasteiger partial charge in [0.25, 0.3) is 5.91 Å². The number of hydrogen-bond acceptors (Lipinski definition) is 4. The van der Waals surface area contributed by atoms with Gasteiger partial charge >= 0.3 is 0 Å². The SMILES string of the molecule is O=C(c1cc(-c2ccccc2Cl)nc2ccccc12)N(c1ccc(F)cc1)c1nc2ccccc2s1. The van der Waals surface area contributed by atoms with Gasteiger partial charge in [0.15, 0.2) is 5.13 Å². The number of amides is 1. The molecule has 0 N–H and O–H groups in total. The van der Waals surface area contributed by atoms with E-state index in [0.717, 1.165) is 15.8 Å². The number of pyridine rings is 1. The largest absolute Gasteiger partial charge is 0.268 e. The van der Waals surface area contributed by atoms with Gasteiger partial charge in [0.05, 0.1) is 32.7 Å². The minimum Gasteiger partial charge on any atom is -0.268 e. The van der Waals surface area contributed by atoms with Crippen LogP contribution in [0.1, 0.15) is 10.4 Å². The van der Waals surface area contributed by atoms with Crippen LogP contribution in [-0.4, -0.2) is 15.9 Å². The summed E-state index contributed by atoms with van der Waals surface area (Å²) in [5, 5.41) is 1.74. The van der Waals surface area contributed by atoms with Gasteiger partial charge in [0, 0.05) is 16.0 Å². The summed E-state index contributed by atoms with van der Waals surface area (Å²) >= 11 is 7.88. The lowest BCUT2D eigenvalue weighted by molar-refractivity contribution is 0.100. The highest BCUT2D eigenvalue weighted by Gasteiger charge is 2.26. The first-order valence-corrected chi connectivity index (χ1v) is 12.4. The summed E-state index contributed by atoms with van der Waals surface area (Å²) in [6.07, 6.45) is 0. The number of rotatable bonds is 4. The van der Waals surface area contributed by atoms with Crippen molar-refractivity contribution in [3.05, 3.63) is 120 Å². The number of fused-ring (bicyclic) bond motifs is 2. The fourth-order valence-corrected chi connectivity index (χ4v) is 5.36. The van der Waals surface area contributed by atoms with Crippen LogP contribution in [0.2, 0.25) is 5.02 Å². The van der Waals surface area contributed by atoms with E-state index in [1.165, 1.54) is 28.4 Å². The number of para-hydroxylation sites is 2. The maximum atomic E-state index is 14.3. The molecule has 1 amide bonds. The molecule has 0 bridgehead atoms. The highest BCUT2D eigenvalue weighted by atomic mass is 35.5. The second-order valence-electron chi connectivity index (χ2n) is 8.13. The number of carbonyl (C=O) groups is 1. The average molecular weight is 510 g/mol. The topological polar surface area (TPSA) is 46.1 Å². The normalized spacial score (nSPS) is 11.2. The van der Waals surface area contributed by atoms with Crippen molar-refractivity contribution in [2.45, 2.75) is 0 Å². The van der Waals surface area contributed by atoms with Crippen LogP contribution in [0, 0.1) is 5.82 Å². The summed E-state index contributed by atoms with van der Waals surface area (Å²) in [6.45, 7) is 0. The Hall–Kier alpha value is -4.13. The highest BCUT2D eigenvalue weighted by Crippen LogP contribution is 2.37. The Balaban J connectivity index is 1.58. The van der Waals surface area contributed by atoms with Crippen LogP contribution in [0.25, 0.3) is 32.4 Å². The molecular formula is C29H17ClFN3OS. The highest BCUT2D eigenvalue weighted by molar-refractivity contribution is 7.22. The van der Waals surface area contributed by atoms with Crippen molar-refractivity contribution in [2.75, 3.05) is 4.90 Å². The van der Waals surface area contributed by atoms with E-state index in [0.29, 0.717) is 38.0 Å². The van der Waals surface area contributed by atoms with E-state index < -0.39 is 0 Å². The van der Waals surface area contributed by atoms with Crippen molar-refractivity contribution in [3.8, 4) is 11.3 Å². The first-order chi connectivity index (χ1) is 17.6. The molecule has 0 unspecified atom stereocenters. The van der Waals surface area contributed by atoms with Gasteiger partial charge in [-0.2, -0.15) is 0 Å². The fourth-order valence-electron chi connectivity index (χ4n) is 4.14. The number of anilines is 2. The molecular weight excluding hydrogens is 493 g/mol. The lowest BCUT2D eigenvalue weighted by Crippen LogP contribution is -2.26. The average Bonchev–Trinajstić information content (AvgIpc) is 3.33. The molecule has 2 heterocycles. The third kappa shape index (κ3) is 4.00. The number of hydrogen-bond donors (Lipinski definition) is 0. The Morgan fingerprint density at radius 2 is 1.50 bits per heavy atom. The van der Waals surface area contributed by atoms with Gasteiger partial charge in [-0.05, 0) is 54.6 Å². The molecule has 0 aliphatic heterocycles. The molecule has 0 saturated carbocycles. The van der Waals surface area contributed by atoms with Crippen molar-refractivity contribution >= 4 is 60.8 Å². The van der Waals surface area contributed by atoms with E-state index in [1.54, 1.807) is 24.3 Å². The second kappa shape index (κ2) is 9.15. The number of benzene rings is 4. The number of halogens is 2. The molecule has 0 atom stereocenters. The monoisotopic (exact) mass is 509 g/mol. The molecule has 6 aromatic rings. The zero-order valence-corrected chi connectivity index (χ0v) is 20.3. The van der Waals surface area contributed by atoms with Crippen LogP contribution in [-0.2, 0) is 0 Å². The van der Waals surface area contributed by atoms with Crippen LogP contribution in [0.5, 0.6) is 0 Å². The van der Waals surface area contributed by atoms with Crippen LogP contribution in [0.4, 0.5) is 15.2 Å². The van der Waals surface area contributed by atoms with Crippen molar-refractivity contribution in [1.29, 1.82) is 0 Å². The molecule has 174 valence electrons. The summed E-state index contributed by atoms with van der Waals surface area (Å²) in [5.74, 6) is -0.682. The Labute approximate surface area is 215 Å². The molecule has 4 nitrogen and oxygen atoms in total. The maximum absolute atomic E-state index is 14.3. The van der Waals surface area contributed by atoms with Gasteiger partial charge in [-0.15, -0.1) is 0 Å². The maximum Gasteiger partial charge on any atom is 0.265 e. The smallest absolute Gasteiger partial charge is 0.265 e. The lowest BCUT2D eigenvalue weighted by Gasteiger charge is -2.21. The third-order valence-corrected chi connectivity index (χ3v) is 7.21. The number of nitrogens with zero attached hydrogens (tertiary/aromatic N) is 3. The number of aromatic nitrogens is 2. The van der Waals surface area contributed by atoms with Crippen molar-refractivity contribution in [2.24, 2.45) is 0 Å². The van der Waals surface area contributed by atoms with E-state index in [4.69, 9.17) is 21.6 Å². The summed E-state index contributed by atoms with van der Waals surface area (Å²) in [7, 11) is 0. The summed E-state index contributed by atoms with van der Waals surface area (Å²) in [5.41, 5.74) is 3.73. The standard InChI is InChI=1S/C29H17ClFN3OS/c30-23-9-3-1-8-21(23)26-17-22(20-7-2-4-10-24(20)32-26)28(35)34(19-15-13-18(31)14-16-19)29-33-25-11-5-6-12-27(25)36-29/h1-17H. The second-order valence-corrected chi connectivity index (χ2v) is 9.55. The van der Waals surface area contributed by atoms with Gasteiger partial charge in [0.1, 0.15) is 5.82 Å². The van der Waals surface area contributed by atoms with Gasteiger partial charge in [0.2, 0.25) is 0 Å². The van der Waals surface area contributed by atoms with E-state index in [-0.39, 0.29) is 11.7 Å². The molecule has 7 heteroatoms. The molecule has 0 radical (unpaired) electrons. The van der Waals surface area contributed by atoms with Crippen LogP contribution < -0.4 is 4.90 Å². The minimum absolute atomic E-state index is 0.299. The molecule has 0 aliphatic carbocycles. The zero-order valence-electron chi connectivity index (χ0n) is 18.7. The van der Waals surface area contributed by atoms with Gasteiger partial charge < -0.3 is 0 Å². The number of thiazole rings is 1. The fraction of sp³-hybridized carbons (Fsp3) is 0. The molecule has 4 aromatic carbocycles. The Morgan fingerprint density at radius 1 is 0.806 bits per heavy atom. The molecule has 0 fully saturated rings. The Kier molecular flexibility index (Phi) is 5.68. The first kappa shape index (κ1) is 22.3. The van der Waals surface area contributed by atoms with E-state index in [1.807, 2.05) is 66.7 Å². The number of carbonyl (C=O) groups excluding carboxylic acids is 1. The Morgan fingerprint density at radius 3 is 2.28 bits per heavy atom. The predicted octanol–water partition coefficient (Wildman–Crippen LogP) is 8.28. The molecule has 0 aliphatic rings. The van der Waals surface area contributed by atoms with Gasteiger partial charge in [-0.25, -0.2) is 14.4 Å². The van der Waals surface area contributed by atoms with Crippen LogP contribution in [0.3, 0.4) is 0 Å². The molecule has 0 spiro atoms. The zero-order chi connectivity index (χ0) is 24.6. The summed E-state index contributed by atoms with van der Waals surface area (Å²) in [4.78, 5) is 25.4. The lowest BCUT2D eigenvalue weighted by atomic mass is 10.0. The molecule has 0 saturated heterocycles. The van der Waals surface area contributed by atoms with Crippen LogP contribution in [0.15, 0.2) is 103 Å². The van der Waals surface area contributed by atoms with Crippen molar-refractivity contribution < 1.29 is 9.18 Å². The predicted molar refractivity (Wildman–Crippen MR) is 145 cm³/mol. The van der Waals surface area contributed by atoms with E-state index in [2.05, 4.69) is 0 Å². The van der Waals surface area contributed by atoms with E-state index >= 15 is 0 Å². The molecule has 6 rings (SSSR count). The van der Waals surface area contributed by atoms with Crippen molar-refractivity contribution in [3.63, 3.8) is 0 Å². The van der Waals surface area contributed by atoms with E-state index in [9.17, 15) is 9.18 Å². The summed E-state index contributed by atoms with van der Waals surface area (Å²) in [6, 6.07) is 30.2. The Bertz CT molecular complexity index is 1720. The van der Waals surface area contributed by atoms with Crippen molar-refractivity contribution in [1.82, 2.24) is 9.97 Å².